The number of halogens is 3. The molecule has 3 aromatic rings. The van der Waals surface area contributed by atoms with Crippen LogP contribution in [0.5, 0.6) is 0 Å². The number of H-pyrrole nitrogens is 1. The molecule has 0 spiro atoms. The molecule has 0 saturated carbocycles. The second-order valence-corrected chi connectivity index (χ2v) is 7.34. The molecule has 1 aliphatic rings. The topological polar surface area (TPSA) is 89.0 Å². The lowest BCUT2D eigenvalue weighted by atomic mass is 10.0. The van der Waals surface area contributed by atoms with E-state index < -0.39 is 17.5 Å². The van der Waals surface area contributed by atoms with Crippen LogP contribution in [0.1, 0.15) is 38.9 Å². The first kappa shape index (κ1) is 19.6. The van der Waals surface area contributed by atoms with Crippen LogP contribution in [0.15, 0.2) is 36.8 Å². The van der Waals surface area contributed by atoms with Crippen molar-refractivity contribution in [2.24, 2.45) is 0 Å². The highest BCUT2D eigenvalue weighted by Crippen LogP contribution is 2.28. The molecule has 0 bridgehead atoms. The van der Waals surface area contributed by atoms with Gasteiger partial charge in [-0.25, -0.2) is 4.39 Å². The summed E-state index contributed by atoms with van der Waals surface area (Å²) < 4.78 is 21.3. The van der Waals surface area contributed by atoms with Gasteiger partial charge in [0.15, 0.2) is 11.6 Å². The molecule has 1 saturated heterocycles. The smallest absolute Gasteiger partial charge is 0.272 e. The number of carbonyl (C=O) groups is 2. The number of anilines is 1. The van der Waals surface area contributed by atoms with Crippen molar-refractivity contribution in [1.82, 2.24) is 14.8 Å². The number of amides is 1. The molecule has 1 aromatic carbocycles. The van der Waals surface area contributed by atoms with Crippen molar-refractivity contribution in [2.75, 3.05) is 18.5 Å². The number of aromatic amines is 1. The lowest BCUT2D eigenvalue weighted by molar-refractivity contribution is 0.102. The van der Waals surface area contributed by atoms with Crippen molar-refractivity contribution in [3.63, 3.8) is 0 Å². The van der Waals surface area contributed by atoms with E-state index in [1.54, 1.807) is 10.9 Å². The quantitative estimate of drug-likeness (QED) is 0.465. The van der Waals surface area contributed by atoms with Gasteiger partial charge in [0.1, 0.15) is 5.69 Å². The Morgan fingerprint density at radius 2 is 2.10 bits per heavy atom. The number of nitrogens with zero attached hydrogens (tertiary/aromatic N) is 2. The summed E-state index contributed by atoms with van der Waals surface area (Å²) in [5.41, 5.74) is 0.374. The molecule has 0 radical (unpaired) electrons. The third-order valence-electron chi connectivity index (χ3n) is 4.60. The summed E-state index contributed by atoms with van der Waals surface area (Å²) in [5.74, 6) is -2.05. The molecule has 7 nitrogen and oxygen atoms in total. The molecule has 10 heteroatoms. The van der Waals surface area contributed by atoms with E-state index in [0.717, 1.165) is 6.42 Å². The Labute approximate surface area is 174 Å². The molecule has 1 aliphatic heterocycles. The number of hydrogen-bond acceptors (Lipinski definition) is 4. The summed E-state index contributed by atoms with van der Waals surface area (Å²) in [6, 6.07) is 4.08. The normalized spacial score (nSPS) is 16.2. The monoisotopic (exact) mass is 436 g/mol. The van der Waals surface area contributed by atoms with Crippen LogP contribution in [-0.4, -0.2) is 39.7 Å². The van der Waals surface area contributed by atoms with Gasteiger partial charge in [0, 0.05) is 24.6 Å². The zero-order valence-electron chi connectivity index (χ0n) is 14.9. The van der Waals surface area contributed by atoms with Crippen LogP contribution in [0.3, 0.4) is 0 Å². The van der Waals surface area contributed by atoms with E-state index in [1.807, 2.05) is 0 Å². The number of rotatable bonds is 5. The third kappa shape index (κ3) is 3.91. The molecule has 1 amide bonds. The van der Waals surface area contributed by atoms with Crippen molar-refractivity contribution in [1.29, 1.82) is 0 Å². The first-order valence-electron chi connectivity index (χ1n) is 8.74. The molecule has 150 valence electrons. The van der Waals surface area contributed by atoms with E-state index in [4.69, 9.17) is 27.9 Å². The minimum atomic E-state index is -0.903. The van der Waals surface area contributed by atoms with E-state index in [-0.39, 0.29) is 32.9 Å². The van der Waals surface area contributed by atoms with E-state index in [0.29, 0.717) is 18.9 Å². The first-order chi connectivity index (χ1) is 13.9. The van der Waals surface area contributed by atoms with Crippen LogP contribution in [0.2, 0.25) is 10.0 Å². The van der Waals surface area contributed by atoms with Crippen molar-refractivity contribution < 1.29 is 18.7 Å². The maximum atomic E-state index is 14.2. The Morgan fingerprint density at radius 1 is 1.31 bits per heavy atom. The SMILES string of the molecule is O=C(Nc1cnn(C2CCOC2)c1)c1cc(C(=O)c2c(Cl)ccc(Cl)c2F)c[nH]1. The predicted octanol–water partition coefficient (Wildman–Crippen LogP) is 4.10. The lowest BCUT2D eigenvalue weighted by Crippen LogP contribution is -2.12. The van der Waals surface area contributed by atoms with Gasteiger partial charge < -0.3 is 15.0 Å². The van der Waals surface area contributed by atoms with E-state index in [1.165, 1.54) is 30.6 Å². The maximum Gasteiger partial charge on any atom is 0.272 e. The highest BCUT2D eigenvalue weighted by molar-refractivity contribution is 6.37. The highest BCUT2D eigenvalue weighted by Gasteiger charge is 2.23. The standard InChI is InChI=1S/C19H15Cl2FN4O3/c20-13-1-2-14(21)17(22)16(13)18(27)10-5-15(23-6-10)19(28)25-11-7-24-26(8-11)12-3-4-29-9-12/h1-2,5-8,12,23H,3-4,9H2,(H,25,28). The summed E-state index contributed by atoms with van der Waals surface area (Å²) in [5, 5.41) is 6.66. The Kier molecular flexibility index (Phi) is 5.40. The van der Waals surface area contributed by atoms with Crippen LogP contribution >= 0.6 is 23.2 Å². The third-order valence-corrected chi connectivity index (χ3v) is 5.21. The van der Waals surface area contributed by atoms with Gasteiger partial charge in [-0.15, -0.1) is 0 Å². The van der Waals surface area contributed by atoms with Crippen LogP contribution in [-0.2, 0) is 4.74 Å². The van der Waals surface area contributed by atoms with E-state index in [9.17, 15) is 14.0 Å². The number of nitrogens with one attached hydrogen (secondary N) is 2. The number of hydrogen-bond donors (Lipinski definition) is 2. The van der Waals surface area contributed by atoms with Gasteiger partial charge in [-0.05, 0) is 24.6 Å². The second-order valence-electron chi connectivity index (χ2n) is 6.53. The molecule has 1 fully saturated rings. The van der Waals surface area contributed by atoms with Gasteiger partial charge in [0.25, 0.3) is 5.91 Å². The molecule has 1 atom stereocenters. The minimum absolute atomic E-state index is 0.0626. The molecular weight excluding hydrogens is 422 g/mol. The largest absolute Gasteiger partial charge is 0.379 e. The van der Waals surface area contributed by atoms with Crippen LogP contribution in [0.4, 0.5) is 10.1 Å². The number of aromatic nitrogens is 3. The predicted molar refractivity (Wildman–Crippen MR) is 105 cm³/mol. The van der Waals surface area contributed by atoms with Crippen molar-refractivity contribution in [3.8, 4) is 0 Å². The van der Waals surface area contributed by atoms with Crippen LogP contribution < -0.4 is 5.32 Å². The summed E-state index contributed by atoms with van der Waals surface area (Å²) in [4.78, 5) is 27.8. The number of ether oxygens (including phenoxy) is 1. The number of benzene rings is 1. The molecular formula is C19H15Cl2FN4O3. The van der Waals surface area contributed by atoms with Gasteiger partial charge in [0.2, 0.25) is 0 Å². The van der Waals surface area contributed by atoms with Gasteiger partial charge in [-0.1, -0.05) is 23.2 Å². The molecule has 1 unspecified atom stereocenters. The van der Waals surface area contributed by atoms with Crippen molar-refractivity contribution in [2.45, 2.75) is 12.5 Å². The average molecular weight is 437 g/mol. The fourth-order valence-electron chi connectivity index (χ4n) is 3.07. The molecule has 29 heavy (non-hydrogen) atoms. The summed E-state index contributed by atoms with van der Waals surface area (Å²) in [6.45, 7) is 1.27. The van der Waals surface area contributed by atoms with Crippen molar-refractivity contribution >= 4 is 40.6 Å². The summed E-state index contributed by atoms with van der Waals surface area (Å²) in [7, 11) is 0. The summed E-state index contributed by atoms with van der Waals surface area (Å²) >= 11 is 11.7. The number of ketones is 1. The van der Waals surface area contributed by atoms with Gasteiger partial charge in [-0.3, -0.25) is 14.3 Å². The fourth-order valence-corrected chi connectivity index (χ4v) is 3.46. The first-order valence-corrected chi connectivity index (χ1v) is 9.49. The Balaban J connectivity index is 1.49. The zero-order valence-corrected chi connectivity index (χ0v) is 16.4. The highest BCUT2D eigenvalue weighted by atomic mass is 35.5. The molecule has 0 aliphatic carbocycles. The molecule has 3 heterocycles. The molecule has 2 aromatic heterocycles. The van der Waals surface area contributed by atoms with E-state index in [2.05, 4.69) is 15.4 Å². The number of carbonyl (C=O) groups excluding carboxylic acids is 2. The van der Waals surface area contributed by atoms with Crippen LogP contribution in [0, 0.1) is 5.82 Å². The molecule has 2 N–H and O–H groups in total. The second kappa shape index (κ2) is 7.98. The Bertz CT molecular complexity index is 1090. The zero-order chi connectivity index (χ0) is 20.5. The maximum absolute atomic E-state index is 14.2. The lowest BCUT2D eigenvalue weighted by Gasteiger charge is -2.06. The molecule has 4 rings (SSSR count). The van der Waals surface area contributed by atoms with Gasteiger partial charge >= 0.3 is 0 Å². The minimum Gasteiger partial charge on any atom is -0.379 e. The van der Waals surface area contributed by atoms with Crippen molar-refractivity contribution in [3.05, 3.63) is 69.5 Å². The Morgan fingerprint density at radius 3 is 2.86 bits per heavy atom. The summed E-state index contributed by atoms with van der Waals surface area (Å²) in [6.07, 6.45) is 5.42. The Hall–Kier alpha value is -2.68. The average Bonchev–Trinajstić information content (AvgIpc) is 3.45. The fraction of sp³-hybridized carbons (Fsp3) is 0.211. The van der Waals surface area contributed by atoms with Gasteiger partial charge in [-0.2, -0.15) is 5.10 Å². The van der Waals surface area contributed by atoms with Gasteiger partial charge in [0.05, 0.1) is 40.1 Å². The van der Waals surface area contributed by atoms with Crippen LogP contribution in [0.25, 0.3) is 0 Å². The van der Waals surface area contributed by atoms with E-state index >= 15 is 0 Å².